The van der Waals surface area contributed by atoms with Crippen LogP contribution in [-0.2, 0) is 9.59 Å². The zero-order valence-corrected chi connectivity index (χ0v) is 17.0. The number of halogens is 2. The number of hydrogen-bond acceptors (Lipinski definition) is 6. The molecule has 1 fully saturated rings. The SMILES string of the molecule is COc1ccc(C(C)=NN=C(N)SC2CC(=O)N(c3ccc(F)cc3)C2=O)cc1F. The summed E-state index contributed by atoms with van der Waals surface area (Å²) in [6, 6.07) is 9.42. The van der Waals surface area contributed by atoms with Crippen LogP contribution in [0, 0.1) is 11.6 Å². The summed E-state index contributed by atoms with van der Waals surface area (Å²) in [5.74, 6) is -1.77. The maximum absolute atomic E-state index is 13.8. The van der Waals surface area contributed by atoms with E-state index in [1.54, 1.807) is 13.0 Å². The van der Waals surface area contributed by atoms with Crippen molar-refractivity contribution in [1.29, 1.82) is 0 Å². The Labute approximate surface area is 175 Å². The molecule has 0 aromatic heterocycles. The van der Waals surface area contributed by atoms with Gasteiger partial charge in [-0.15, -0.1) is 5.10 Å². The monoisotopic (exact) mass is 432 g/mol. The van der Waals surface area contributed by atoms with Crippen molar-refractivity contribution >= 4 is 40.1 Å². The molecule has 0 bridgehead atoms. The van der Waals surface area contributed by atoms with Crippen LogP contribution >= 0.6 is 11.8 Å². The van der Waals surface area contributed by atoms with Crippen LogP contribution in [0.3, 0.4) is 0 Å². The number of ether oxygens (including phenoxy) is 1. The first kappa shape index (κ1) is 21.4. The van der Waals surface area contributed by atoms with Gasteiger partial charge in [0.05, 0.1) is 18.5 Å². The summed E-state index contributed by atoms with van der Waals surface area (Å²) < 4.78 is 31.8. The van der Waals surface area contributed by atoms with Crippen molar-refractivity contribution in [3.8, 4) is 5.75 Å². The lowest BCUT2D eigenvalue weighted by Gasteiger charge is -2.14. The molecule has 1 heterocycles. The molecule has 0 spiro atoms. The van der Waals surface area contributed by atoms with E-state index in [4.69, 9.17) is 10.5 Å². The smallest absolute Gasteiger partial charge is 0.247 e. The van der Waals surface area contributed by atoms with Crippen LogP contribution in [0.2, 0.25) is 0 Å². The summed E-state index contributed by atoms with van der Waals surface area (Å²) in [7, 11) is 1.37. The molecular weight excluding hydrogens is 414 g/mol. The van der Waals surface area contributed by atoms with Gasteiger partial charge in [0.1, 0.15) is 11.1 Å². The molecule has 1 aliphatic rings. The Morgan fingerprint density at radius 1 is 1.17 bits per heavy atom. The van der Waals surface area contributed by atoms with Gasteiger partial charge in [-0.3, -0.25) is 9.59 Å². The van der Waals surface area contributed by atoms with Gasteiger partial charge in [-0.25, -0.2) is 13.7 Å². The van der Waals surface area contributed by atoms with Gasteiger partial charge in [0.15, 0.2) is 16.7 Å². The van der Waals surface area contributed by atoms with Crippen LogP contribution in [0.25, 0.3) is 0 Å². The third-order valence-corrected chi connectivity index (χ3v) is 5.30. The number of nitrogens with two attached hydrogens (primary N) is 1. The van der Waals surface area contributed by atoms with E-state index in [2.05, 4.69) is 10.2 Å². The van der Waals surface area contributed by atoms with Gasteiger partial charge in [0, 0.05) is 12.0 Å². The van der Waals surface area contributed by atoms with Crippen molar-refractivity contribution in [2.45, 2.75) is 18.6 Å². The third-order valence-electron chi connectivity index (χ3n) is 4.32. The van der Waals surface area contributed by atoms with E-state index in [-0.39, 0.29) is 17.3 Å². The lowest BCUT2D eigenvalue weighted by Crippen LogP contribution is -2.31. The number of rotatable bonds is 5. The van der Waals surface area contributed by atoms with E-state index < -0.39 is 28.7 Å². The fraction of sp³-hybridized carbons (Fsp3) is 0.200. The zero-order chi connectivity index (χ0) is 21.8. The van der Waals surface area contributed by atoms with Gasteiger partial charge in [-0.05, 0) is 49.4 Å². The largest absolute Gasteiger partial charge is 0.494 e. The molecule has 0 saturated carbocycles. The first-order valence-electron chi connectivity index (χ1n) is 8.80. The topological polar surface area (TPSA) is 97.3 Å². The maximum atomic E-state index is 13.8. The summed E-state index contributed by atoms with van der Waals surface area (Å²) >= 11 is 0.908. The summed E-state index contributed by atoms with van der Waals surface area (Å²) in [6.07, 6.45) is -0.0660. The van der Waals surface area contributed by atoms with Crippen LogP contribution in [-0.4, -0.2) is 35.1 Å². The van der Waals surface area contributed by atoms with E-state index in [9.17, 15) is 18.4 Å². The second kappa shape index (κ2) is 9.04. The Hall–Kier alpha value is -3.27. The van der Waals surface area contributed by atoms with Crippen LogP contribution < -0.4 is 15.4 Å². The molecule has 30 heavy (non-hydrogen) atoms. The molecule has 2 aromatic carbocycles. The highest BCUT2D eigenvalue weighted by atomic mass is 32.2. The molecule has 1 unspecified atom stereocenters. The summed E-state index contributed by atoms with van der Waals surface area (Å²) in [5.41, 5.74) is 7.03. The minimum absolute atomic E-state index is 0.0181. The van der Waals surface area contributed by atoms with Gasteiger partial charge >= 0.3 is 0 Å². The maximum Gasteiger partial charge on any atom is 0.247 e. The highest BCUT2D eigenvalue weighted by Gasteiger charge is 2.40. The summed E-state index contributed by atoms with van der Waals surface area (Å²) in [6.45, 7) is 1.63. The number of amidine groups is 1. The van der Waals surface area contributed by atoms with Crippen molar-refractivity contribution < 1.29 is 23.1 Å². The second-order valence-electron chi connectivity index (χ2n) is 6.33. The van der Waals surface area contributed by atoms with Crippen LogP contribution in [0.4, 0.5) is 14.5 Å². The molecule has 10 heteroatoms. The average Bonchev–Trinajstić information content (AvgIpc) is 2.99. The van der Waals surface area contributed by atoms with Crippen LogP contribution in [0.5, 0.6) is 5.75 Å². The molecule has 1 atom stereocenters. The number of anilines is 1. The van der Waals surface area contributed by atoms with Crippen molar-refractivity contribution in [2.75, 3.05) is 12.0 Å². The molecule has 7 nitrogen and oxygen atoms in total. The highest BCUT2D eigenvalue weighted by Crippen LogP contribution is 2.29. The van der Waals surface area contributed by atoms with Crippen LogP contribution in [0.1, 0.15) is 18.9 Å². The number of nitrogens with zero attached hydrogens (tertiary/aromatic N) is 3. The van der Waals surface area contributed by atoms with Crippen molar-refractivity contribution in [3.05, 3.63) is 59.7 Å². The third kappa shape index (κ3) is 4.65. The molecule has 3 rings (SSSR count). The molecule has 1 saturated heterocycles. The quantitative estimate of drug-likeness (QED) is 0.339. The second-order valence-corrected chi connectivity index (χ2v) is 7.55. The number of hydrogen-bond donors (Lipinski definition) is 1. The predicted octanol–water partition coefficient (Wildman–Crippen LogP) is 3.08. The Balaban J connectivity index is 1.70. The number of thioether (sulfide) groups is 1. The lowest BCUT2D eigenvalue weighted by molar-refractivity contribution is -0.121. The van der Waals surface area contributed by atoms with E-state index in [0.717, 1.165) is 16.7 Å². The normalized spacial score (nSPS) is 17.6. The van der Waals surface area contributed by atoms with Crippen molar-refractivity contribution in [3.63, 3.8) is 0 Å². The number of carbonyl (C=O) groups excluding carboxylic acids is 2. The summed E-state index contributed by atoms with van der Waals surface area (Å²) in [4.78, 5) is 25.8. The van der Waals surface area contributed by atoms with Gasteiger partial charge in [0.2, 0.25) is 11.8 Å². The first-order valence-corrected chi connectivity index (χ1v) is 9.68. The predicted molar refractivity (Wildman–Crippen MR) is 112 cm³/mol. The molecule has 2 N–H and O–H groups in total. The van der Waals surface area contributed by atoms with E-state index >= 15 is 0 Å². The number of carbonyl (C=O) groups is 2. The molecule has 0 radical (unpaired) electrons. The highest BCUT2D eigenvalue weighted by molar-refractivity contribution is 8.14. The molecule has 1 aliphatic heterocycles. The molecule has 2 amide bonds. The van der Waals surface area contributed by atoms with Gasteiger partial charge in [-0.1, -0.05) is 11.8 Å². The minimum Gasteiger partial charge on any atom is -0.494 e. The van der Waals surface area contributed by atoms with Crippen molar-refractivity contribution in [1.82, 2.24) is 0 Å². The average molecular weight is 432 g/mol. The number of imide groups is 1. The lowest BCUT2D eigenvalue weighted by atomic mass is 10.1. The van der Waals surface area contributed by atoms with E-state index in [1.807, 2.05) is 0 Å². The fourth-order valence-electron chi connectivity index (χ4n) is 2.80. The molecule has 2 aromatic rings. The fourth-order valence-corrected chi connectivity index (χ4v) is 3.61. The van der Waals surface area contributed by atoms with E-state index in [0.29, 0.717) is 17.0 Å². The molecule has 156 valence electrons. The standard InChI is InChI=1S/C20H18F2N4O3S/c1-11(12-3-8-16(29-2)15(22)9-12)24-25-20(23)30-17-10-18(27)26(19(17)28)14-6-4-13(21)5-7-14/h3-9,17H,10H2,1-2H3,(H2,23,25). The number of methoxy groups -OCH3 is 1. The Morgan fingerprint density at radius 3 is 2.50 bits per heavy atom. The summed E-state index contributed by atoms with van der Waals surface area (Å²) in [5, 5.41) is 7.05. The minimum atomic E-state index is -0.764. The molecule has 0 aliphatic carbocycles. The number of benzene rings is 2. The number of amides is 2. The Bertz CT molecular complexity index is 1040. The zero-order valence-electron chi connectivity index (χ0n) is 16.1. The van der Waals surface area contributed by atoms with Gasteiger partial charge in [0.25, 0.3) is 0 Å². The Kier molecular flexibility index (Phi) is 6.46. The Morgan fingerprint density at radius 2 is 1.87 bits per heavy atom. The van der Waals surface area contributed by atoms with Gasteiger partial charge < -0.3 is 10.5 Å². The van der Waals surface area contributed by atoms with Crippen molar-refractivity contribution in [2.24, 2.45) is 15.9 Å². The molecular formula is C20H18F2N4O3S. The van der Waals surface area contributed by atoms with Gasteiger partial charge in [-0.2, -0.15) is 5.10 Å². The van der Waals surface area contributed by atoms with E-state index in [1.165, 1.54) is 43.5 Å². The van der Waals surface area contributed by atoms with Crippen LogP contribution in [0.15, 0.2) is 52.7 Å². The first-order chi connectivity index (χ1) is 14.3.